The van der Waals surface area contributed by atoms with Crippen LogP contribution in [0.2, 0.25) is 0 Å². The zero-order chi connectivity index (χ0) is 38.2. The number of hydrogen-bond acceptors (Lipinski definition) is 12. The molecule has 1 aromatic rings. The molecule has 1 fully saturated rings. The molecule has 0 amide bonds. The van der Waals surface area contributed by atoms with E-state index in [0.717, 1.165) is 31.3 Å². The highest BCUT2D eigenvalue weighted by molar-refractivity contribution is 5.72. The third-order valence-corrected chi connectivity index (χ3v) is 8.35. The molecule has 1 aromatic carbocycles. The third kappa shape index (κ3) is 14.7. The topological polar surface area (TPSA) is 150 Å². The molecular formula is C39H54O12. The van der Waals surface area contributed by atoms with Gasteiger partial charge in [0.1, 0.15) is 11.5 Å². The van der Waals surface area contributed by atoms with Crippen LogP contribution in [0.3, 0.4) is 0 Å². The molecule has 51 heavy (non-hydrogen) atoms. The number of carbonyl (C=O) groups excluding carboxylic acids is 5. The van der Waals surface area contributed by atoms with Gasteiger partial charge in [-0.05, 0) is 90.3 Å². The van der Waals surface area contributed by atoms with Gasteiger partial charge in [0.25, 0.3) is 0 Å². The van der Waals surface area contributed by atoms with Gasteiger partial charge in [0.05, 0.1) is 13.7 Å². The van der Waals surface area contributed by atoms with E-state index in [1.54, 1.807) is 13.0 Å². The molecule has 1 heterocycles. The summed E-state index contributed by atoms with van der Waals surface area (Å²) in [5.41, 5.74) is 5.64. The number of ether oxygens (including phenoxy) is 7. The molecule has 0 radical (unpaired) electrons. The first kappa shape index (κ1) is 42.7. The number of methoxy groups -OCH3 is 1. The van der Waals surface area contributed by atoms with Gasteiger partial charge in [0.15, 0.2) is 12.2 Å². The number of rotatable bonds is 17. The van der Waals surface area contributed by atoms with Crippen LogP contribution in [-0.4, -0.2) is 68.2 Å². The molecule has 0 spiro atoms. The van der Waals surface area contributed by atoms with Crippen LogP contribution >= 0.6 is 0 Å². The van der Waals surface area contributed by atoms with Crippen LogP contribution in [0, 0.1) is 13.8 Å². The Kier molecular flexibility index (Phi) is 17.6. The SMILES string of the molecule is COC(=O)CC/C(C)=C/CC/C(C)=C/CC/C(C)=C\Cc1cc(O[C@@H]2OC[C@@H](OC(C)=O)[C@H](OC(C)=O)[C@H]2OC(C)=O)c(C)c(C)c1OC(C)=O. The molecule has 1 aliphatic heterocycles. The lowest BCUT2D eigenvalue weighted by Gasteiger charge is -2.40. The quantitative estimate of drug-likeness (QED) is 0.0735. The first-order valence-corrected chi connectivity index (χ1v) is 17.2. The minimum Gasteiger partial charge on any atom is -0.469 e. The van der Waals surface area contributed by atoms with Crippen molar-refractivity contribution in [3.05, 3.63) is 57.7 Å². The molecular weight excluding hydrogens is 660 g/mol. The second kappa shape index (κ2) is 21.0. The molecule has 0 N–H and O–H groups in total. The predicted molar refractivity (Wildman–Crippen MR) is 189 cm³/mol. The Morgan fingerprint density at radius 2 is 1.25 bits per heavy atom. The first-order valence-electron chi connectivity index (χ1n) is 17.2. The van der Waals surface area contributed by atoms with Gasteiger partial charge < -0.3 is 33.2 Å². The molecule has 0 aromatic heterocycles. The van der Waals surface area contributed by atoms with Crippen molar-refractivity contribution in [2.24, 2.45) is 0 Å². The smallest absolute Gasteiger partial charge is 0.308 e. The van der Waals surface area contributed by atoms with E-state index >= 15 is 0 Å². The van der Waals surface area contributed by atoms with E-state index in [-0.39, 0.29) is 12.6 Å². The van der Waals surface area contributed by atoms with E-state index in [2.05, 4.69) is 32.1 Å². The Morgan fingerprint density at radius 1 is 0.706 bits per heavy atom. The minimum absolute atomic E-state index is 0.181. The van der Waals surface area contributed by atoms with Crippen LogP contribution < -0.4 is 9.47 Å². The van der Waals surface area contributed by atoms with Gasteiger partial charge in [0, 0.05) is 39.7 Å². The van der Waals surface area contributed by atoms with Crippen LogP contribution in [-0.2, 0) is 54.1 Å². The Labute approximate surface area is 301 Å². The number of esters is 5. The summed E-state index contributed by atoms with van der Waals surface area (Å²) in [5, 5.41) is 0. The van der Waals surface area contributed by atoms with E-state index in [4.69, 9.17) is 33.2 Å². The first-order chi connectivity index (χ1) is 24.0. The maximum absolute atomic E-state index is 12.1. The third-order valence-electron chi connectivity index (χ3n) is 8.35. The van der Waals surface area contributed by atoms with Crippen molar-refractivity contribution in [2.75, 3.05) is 13.7 Å². The fraction of sp³-hybridized carbons (Fsp3) is 0.564. The van der Waals surface area contributed by atoms with Gasteiger partial charge in [-0.2, -0.15) is 0 Å². The second-order valence-corrected chi connectivity index (χ2v) is 12.8. The van der Waals surface area contributed by atoms with E-state index in [1.165, 1.54) is 46.0 Å². The van der Waals surface area contributed by atoms with Crippen LogP contribution in [0.5, 0.6) is 11.5 Å². The molecule has 4 atom stereocenters. The Balaban J connectivity index is 2.25. The summed E-state index contributed by atoms with van der Waals surface area (Å²) in [6.07, 6.45) is 6.87. The number of allylic oxidation sites excluding steroid dienone is 6. The molecule has 282 valence electrons. The van der Waals surface area contributed by atoms with Crippen molar-refractivity contribution in [1.29, 1.82) is 0 Å². The fourth-order valence-corrected chi connectivity index (χ4v) is 5.51. The molecule has 12 nitrogen and oxygen atoms in total. The fourth-order valence-electron chi connectivity index (χ4n) is 5.51. The van der Waals surface area contributed by atoms with E-state index in [9.17, 15) is 24.0 Å². The molecule has 1 saturated heterocycles. The average molecular weight is 715 g/mol. The molecule has 0 saturated carbocycles. The van der Waals surface area contributed by atoms with Crippen molar-refractivity contribution in [3.63, 3.8) is 0 Å². The van der Waals surface area contributed by atoms with Crippen LogP contribution in [0.25, 0.3) is 0 Å². The van der Waals surface area contributed by atoms with Gasteiger partial charge in [-0.15, -0.1) is 0 Å². The zero-order valence-corrected chi connectivity index (χ0v) is 31.7. The molecule has 12 heteroatoms. The van der Waals surface area contributed by atoms with Gasteiger partial charge in [-0.1, -0.05) is 34.9 Å². The molecule has 0 unspecified atom stereocenters. The summed E-state index contributed by atoms with van der Waals surface area (Å²) in [6.45, 7) is 14.6. The lowest BCUT2D eigenvalue weighted by atomic mass is 9.99. The molecule has 1 aliphatic rings. The van der Waals surface area contributed by atoms with Crippen molar-refractivity contribution in [1.82, 2.24) is 0 Å². The van der Waals surface area contributed by atoms with Crippen molar-refractivity contribution < 1.29 is 57.1 Å². The second-order valence-electron chi connectivity index (χ2n) is 12.8. The monoisotopic (exact) mass is 714 g/mol. The zero-order valence-electron chi connectivity index (χ0n) is 31.7. The van der Waals surface area contributed by atoms with Gasteiger partial charge in [0.2, 0.25) is 12.4 Å². The van der Waals surface area contributed by atoms with Crippen molar-refractivity contribution >= 4 is 29.8 Å². The Morgan fingerprint density at radius 3 is 1.80 bits per heavy atom. The van der Waals surface area contributed by atoms with Crippen LogP contribution in [0.4, 0.5) is 0 Å². The molecule has 0 bridgehead atoms. The lowest BCUT2D eigenvalue weighted by molar-refractivity contribution is -0.259. The van der Waals surface area contributed by atoms with Crippen molar-refractivity contribution in [2.45, 2.75) is 132 Å². The number of hydrogen-bond donors (Lipinski definition) is 0. The Bertz CT molecular complexity index is 1500. The highest BCUT2D eigenvalue weighted by Gasteiger charge is 2.48. The maximum atomic E-state index is 12.1. The van der Waals surface area contributed by atoms with Gasteiger partial charge in [-0.25, -0.2) is 0 Å². The minimum atomic E-state index is -1.26. The summed E-state index contributed by atoms with van der Waals surface area (Å²) in [7, 11) is 1.40. The standard InChI is InChI=1S/C39H54O12/c1-23(14-12-16-25(3)18-20-35(44)45-10)13-11-15-24(2)17-19-32-21-33(26(4)27(5)36(32)48-29(7)41)51-39-38(50-31(9)43)37(49-30(8)42)34(22-46-39)47-28(6)40/h13,16-17,21,34,37-39H,11-12,14-15,18-20,22H2,1-10H3/b23-13+,24-17-,25-16+/t34-,37+,38-,39+/m1/s1. The lowest BCUT2D eigenvalue weighted by Crippen LogP contribution is -2.59. The maximum Gasteiger partial charge on any atom is 0.308 e. The summed E-state index contributed by atoms with van der Waals surface area (Å²) in [4.78, 5) is 59.3. The van der Waals surface area contributed by atoms with Crippen molar-refractivity contribution in [3.8, 4) is 11.5 Å². The van der Waals surface area contributed by atoms with E-state index in [0.29, 0.717) is 47.5 Å². The summed E-state index contributed by atoms with van der Waals surface area (Å²) in [5.74, 6) is -1.83. The van der Waals surface area contributed by atoms with Gasteiger partial charge in [-0.3, -0.25) is 24.0 Å². The summed E-state index contributed by atoms with van der Waals surface area (Å²) in [6, 6.07) is 1.75. The van der Waals surface area contributed by atoms with E-state index in [1.807, 2.05) is 13.8 Å². The summed E-state index contributed by atoms with van der Waals surface area (Å²) < 4.78 is 38.8. The number of benzene rings is 1. The number of carbonyl (C=O) groups is 5. The van der Waals surface area contributed by atoms with Gasteiger partial charge >= 0.3 is 29.8 Å². The highest BCUT2D eigenvalue weighted by atomic mass is 16.7. The highest BCUT2D eigenvalue weighted by Crippen LogP contribution is 2.37. The average Bonchev–Trinajstić information content (AvgIpc) is 3.04. The van der Waals surface area contributed by atoms with Crippen LogP contribution in [0.15, 0.2) is 41.0 Å². The molecule has 0 aliphatic carbocycles. The molecule has 2 rings (SSSR count). The summed E-state index contributed by atoms with van der Waals surface area (Å²) >= 11 is 0. The van der Waals surface area contributed by atoms with Crippen LogP contribution in [0.1, 0.15) is 104 Å². The normalized spacial score (nSPS) is 19.5. The Hall–Kier alpha value is -4.45. The predicted octanol–water partition coefficient (Wildman–Crippen LogP) is 6.65. The largest absolute Gasteiger partial charge is 0.469 e. The van der Waals surface area contributed by atoms with E-state index < -0.39 is 48.5 Å².